The van der Waals surface area contributed by atoms with Crippen molar-refractivity contribution in [3.8, 4) is 0 Å². The summed E-state index contributed by atoms with van der Waals surface area (Å²) in [6.45, 7) is 17.1. The fraction of sp³-hybridized carbons (Fsp3) is 0.792. The van der Waals surface area contributed by atoms with Gasteiger partial charge in [0.05, 0.1) is 0 Å². The van der Waals surface area contributed by atoms with Gasteiger partial charge in [-0.15, -0.1) is 0 Å². The van der Waals surface area contributed by atoms with Crippen LogP contribution in [0.25, 0.3) is 0 Å². The van der Waals surface area contributed by atoms with Crippen molar-refractivity contribution in [3.63, 3.8) is 0 Å². The molecule has 4 heteroatoms. The zero-order valence-electron chi connectivity index (χ0n) is 18.3. The molecule has 0 N–H and O–H groups in total. The molecule has 1 amide bonds. The Bertz CT molecular complexity index is 554. The molecule has 2 aliphatic heterocycles. The number of carbonyl (C=O) groups is 1. The zero-order chi connectivity index (χ0) is 19.9. The SMILES string of the molecule is C=C(C)[C@@H]1CC=C(CN2CCC(CCC(=O)N3CCN(CC)CC3)CC2)CC1. The van der Waals surface area contributed by atoms with Crippen molar-refractivity contribution in [2.45, 2.75) is 58.8 Å². The maximum Gasteiger partial charge on any atom is 0.222 e. The molecule has 158 valence electrons. The second kappa shape index (κ2) is 10.6. The van der Waals surface area contributed by atoms with Crippen LogP contribution < -0.4 is 0 Å². The smallest absolute Gasteiger partial charge is 0.222 e. The van der Waals surface area contributed by atoms with E-state index in [9.17, 15) is 4.79 Å². The fourth-order valence-electron chi connectivity index (χ4n) is 5.00. The Morgan fingerprint density at radius 1 is 1.07 bits per heavy atom. The van der Waals surface area contributed by atoms with Crippen molar-refractivity contribution in [1.82, 2.24) is 14.7 Å². The van der Waals surface area contributed by atoms with Gasteiger partial charge < -0.3 is 9.80 Å². The van der Waals surface area contributed by atoms with Gasteiger partial charge in [0.25, 0.3) is 0 Å². The highest BCUT2D eigenvalue weighted by Crippen LogP contribution is 2.30. The van der Waals surface area contributed by atoms with Crippen LogP contribution in [0.5, 0.6) is 0 Å². The van der Waals surface area contributed by atoms with E-state index in [1.807, 2.05) is 0 Å². The number of piperazine rings is 1. The van der Waals surface area contributed by atoms with Crippen molar-refractivity contribution in [2.75, 3.05) is 52.4 Å². The van der Waals surface area contributed by atoms with Crippen LogP contribution in [0.2, 0.25) is 0 Å². The van der Waals surface area contributed by atoms with Crippen LogP contribution in [0.15, 0.2) is 23.8 Å². The van der Waals surface area contributed by atoms with Crippen molar-refractivity contribution in [1.29, 1.82) is 0 Å². The number of amides is 1. The molecule has 3 aliphatic rings. The molecule has 2 heterocycles. The van der Waals surface area contributed by atoms with E-state index >= 15 is 0 Å². The largest absolute Gasteiger partial charge is 0.340 e. The molecule has 28 heavy (non-hydrogen) atoms. The summed E-state index contributed by atoms with van der Waals surface area (Å²) in [5.74, 6) is 1.83. The van der Waals surface area contributed by atoms with Gasteiger partial charge in [0.1, 0.15) is 0 Å². The standard InChI is InChI=1S/C24H41N3O/c1-4-25-15-17-27(18-16-25)24(28)10-7-21-11-13-26(14-12-21)19-22-5-8-23(9-6-22)20(2)3/h5,21,23H,2,4,6-19H2,1,3H3/t23-/m1/s1. The third-order valence-electron chi connectivity index (χ3n) is 7.27. The first-order valence-corrected chi connectivity index (χ1v) is 11.6. The first-order valence-electron chi connectivity index (χ1n) is 11.6. The lowest BCUT2D eigenvalue weighted by Gasteiger charge is -2.35. The van der Waals surface area contributed by atoms with Gasteiger partial charge in [0.15, 0.2) is 0 Å². The lowest BCUT2D eigenvalue weighted by atomic mass is 9.85. The molecule has 1 atom stereocenters. The second-order valence-electron chi connectivity index (χ2n) is 9.25. The van der Waals surface area contributed by atoms with Crippen molar-refractivity contribution in [3.05, 3.63) is 23.8 Å². The van der Waals surface area contributed by atoms with Crippen LogP contribution in [0, 0.1) is 11.8 Å². The fourth-order valence-corrected chi connectivity index (χ4v) is 5.00. The molecular weight excluding hydrogens is 346 g/mol. The average Bonchev–Trinajstić information content (AvgIpc) is 2.73. The van der Waals surface area contributed by atoms with E-state index in [1.165, 1.54) is 50.8 Å². The van der Waals surface area contributed by atoms with Gasteiger partial charge in [-0.1, -0.05) is 30.7 Å². The lowest BCUT2D eigenvalue weighted by molar-refractivity contribution is -0.133. The Hall–Kier alpha value is -1.13. The summed E-state index contributed by atoms with van der Waals surface area (Å²) < 4.78 is 0. The Kier molecular flexibility index (Phi) is 8.16. The number of likely N-dealkylation sites (tertiary alicyclic amines) is 1. The summed E-state index contributed by atoms with van der Waals surface area (Å²) >= 11 is 0. The molecule has 4 nitrogen and oxygen atoms in total. The van der Waals surface area contributed by atoms with Crippen molar-refractivity contribution >= 4 is 5.91 Å². The Morgan fingerprint density at radius 3 is 2.36 bits per heavy atom. The van der Waals surface area contributed by atoms with Crippen LogP contribution >= 0.6 is 0 Å². The highest BCUT2D eigenvalue weighted by atomic mass is 16.2. The summed E-state index contributed by atoms with van der Waals surface area (Å²) in [5.41, 5.74) is 2.98. The summed E-state index contributed by atoms with van der Waals surface area (Å²) in [6.07, 6.45) is 10.6. The number of piperidine rings is 1. The van der Waals surface area contributed by atoms with Crippen LogP contribution in [-0.2, 0) is 4.79 Å². The quantitative estimate of drug-likeness (QED) is 0.619. The van der Waals surface area contributed by atoms with Crippen LogP contribution in [0.4, 0.5) is 0 Å². The number of hydrogen-bond donors (Lipinski definition) is 0. The number of rotatable bonds is 7. The number of nitrogens with zero attached hydrogens (tertiary/aromatic N) is 3. The minimum Gasteiger partial charge on any atom is -0.340 e. The molecule has 0 radical (unpaired) electrons. The molecule has 0 aromatic carbocycles. The summed E-state index contributed by atoms with van der Waals surface area (Å²) in [6, 6.07) is 0. The van der Waals surface area contributed by atoms with Gasteiger partial charge in [-0.3, -0.25) is 9.69 Å². The minimum absolute atomic E-state index is 0.387. The second-order valence-corrected chi connectivity index (χ2v) is 9.25. The predicted octanol–water partition coefficient (Wildman–Crippen LogP) is 3.95. The van der Waals surface area contributed by atoms with Gasteiger partial charge >= 0.3 is 0 Å². The normalized spacial score (nSPS) is 25.6. The molecule has 1 aliphatic carbocycles. The van der Waals surface area contributed by atoms with Crippen molar-refractivity contribution in [2.24, 2.45) is 11.8 Å². The number of allylic oxidation sites excluding steroid dienone is 2. The predicted molar refractivity (Wildman–Crippen MR) is 117 cm³/mol. The molecule has 2 saturated heterocycles. The maximum absolute atomic E-state index is 12.5. The maximum atomic E-state index is 12.5. The van der Waals surface area contributed by atoms with Gasteiger partial charge in [0.2, 0.25) is 5.91 Å². The van der Waals surface area contributed by atoms with Crippen LogP contribution in [0.1, 0.15) is 58.8 Å². The third-order valence-corrected chi connectivity index (χ3v) is 7.27. The Morgan fingerprint density at radius 2 is 1.79 bits per heavy atom. The lowest BCUT2D eigenvalue weighted by Crippen LogP contribution is -2.48. The van der Waals surface area contributed by atoms with Gasteiger partial charge in [0, 0.05) is 39.1 Å². The number of likely N-dealkylation sites (N-methyl/N-ethyl adjacent to an activating group) is 1. The highest BCUT2D eigenvalue weighted by molar-refractivity contribution is 5.76. The molecular formula is C24H41N3O. The topological polar surface area (TPSA) is 26.8 Å². The van der Waals surface area contributed by atoms with Crippen LogP contribution in [0.3, 0.4) is 0 Å². The molecule has 3 rings (SSSR count). The molecule has 0 spiro atoms. The molecule has 0 aromatic rings. The molecule has 0 saturated carbocycles. The number of carbonyl (C=O) groups excluding carboxylic acids is 1. The average molecular weight is 388 g/mol. The van der Waals surface area contributed by atoms with Gasteiger partial charge in [-0.25, -0.2) is 0 Å². The van der Waals surface area contributed by atoms with E-state index in [4.69, 9.17) is 0 Å². The minimum atomic E-state index is 0.387. The van der Waals surface area contributed by atoms with E-state index in [1.54, 1.807) is 5.57 Å². The van der Waals surface area contributed by atoms with E-state index in [0.29, 0.717) is 11.8 Å². The highest BCUT2D eigenvalue weighted by Gasteiger charge is 2.24. The number of hydrogen-bond acceptors (Lipinski definition) is 3. The summed E-state index contributed by atoms with van der Waals surface area (Å²) in [5, 5.41) is 0. The Labute approximate surface area is 172 Å². The molecule has 0 bridgehead atoms. The summed E-state index contributed by atoms with van der Waals surface area (Å²) in [4.78, 5) is 19.7. The molecule has 0 aromatic heterocycles. The Balaban J connectivity index is 1.31. The third kappa shape index (κ3) is 6.18. The van der Waals surface area contributed by atoms with Gasteiger partial charge in [-0.2, -0.15) is 0 Å². The zero-order valence-corrected chi connectivity index (χ0v) is 18.3. The van der Waals surface area contributed by atoms with Crippen molar-refractivity contribution < 1.29 is 4.79 Å². The molecule has 0 unspecified atom stereocenters. The van der Waals surface area contributed by atoms with E-state index in [2.05, 4.69) is 41.2 Å². The molecule has 2 fully saturated rings. The first-order chi connectivity index (χ1) is 13.5. The van der Waals surface area contributed by atoms with Gasteiger partial charge in [-0.05, 0) is 76.9 Å². The van der Waals surface area contributed by atoms with E-state index < -0.39 is 0 Å². The van der Waals surface area contributed by atoms with E-state index in [0.717, 1.165) is 58.0 Å². The van der Waals surface area contributed by atoms with Crippen LogP contribution in [-0.4, -0.2) is 73.0 Å². The monoisotopic (exact) mass is 387 g/mol. The first kappa shape index (κ1) is 21.6. The summed E-state index contributed by atoms with van der Waals surface area (Å²) in [7, 11) is 0. The van der Waals surface area contributed by atoms with E-state index in [-0.39, 0.29) is 0 Å².